The summed E-state index contributed by atoms with van der Waals surface area (Å²) in [6.45, 7) is 6.24. The van der Waals surface area contributed by atoms with Crippen LogP contribution in [0.15, 0.2) is 23.5 Å². The molecule has 0 atom stereocenters. The van der Waals surface area contributed by atoms with Crippen molar-refractivity contribution in [1.82, 2.24) is 34.4 Å². The van der Waals surface area contributed by atoms with Crippen molar-refractivity contribution in [3.63, 3.8) is 0 Å². The van der Waals surface area contributed by atoms with Gasteiger partial charge >= 0.3 is 0 Å². The van der Waals surface area contributed by atoms with Gasteiger partial charge in [-0.25, -0.2) is 19.9 Å². The van der Waals surface area contributed by atoms with E-state index in [-0.39, 0.29) is 5.56 Å². The van der Waals surface area contributed by atoms with Gasteiger partial charge in [0, 0.05) is 44.6 Å². The molecule has 0 bridgehead atoms. The molecule has 1 aliphatic heterocycles. The number of nitrogens with one attached hydrogen (secondary N) is 1. The first kappa shape index (κ1) is 16.6. The predicted octanol–water partition coefficient (Wildman–Crippen LogP) is 1.14. The maximum atomic E-state index is 12.6. The monoisotopic (exact) mass is 351 g/mol. The van der Waals surface area contributed by atoms with Crippen LogP contribution in [0.25, 0.3) is 11.4 Å². The third kappa shape index (κ3) is 2.92. The number of hydrogen-bond acceptors (Lipinski definition) is 6. The lowest BCUT2D eigenvalue weighted by molar-refractivity contribution is 0.233. The van der Waals surface area contributed by atoms with E-state index in [4.69, 9.17) is 0 Å². The first-order valence-electron chi connectivity index (χ1n) is 8.61. The number of nitrogens with zero attached hydrogens (tertiary/aromatic N) is 6. The second-order valence-corrected chi connectivity index (χ2v) is 6.69. The second-order valence-electron chi connectivity index (χ2n) is 6.69. The van der Waals surface area contributed by atoms with Crippen LogP contribution in [0.1, 0.15) is 28.5 Å². The highest BCUT2D eigenvalue weighted by molar-refractivity contribution is 5.52. The summed E-state index contributed by atoms with van der Waals surface area (Å²) in [4.78, 5) is 35.0. The molecule has 0 spiro atoms. The van der Waals surface area contributed by atoms with Crippen LogP contribution in [0.3, 0.4) is 0 Å². The number of rotatable bonds is 3. The third-order valence-corrected chi connectivity index (χ3v) is 5.06. The molecule has 1 aliphatic rings. The van der Waals surface area contributed by atoms with Gasteiger partial charge in [-0.3, -0.25) is 9.69 Å². The minimum Gasteiger partial charge on any atom is -0.334 e. The molecule has 0 saturated heterocycles. The summed E-state index contributed by atoms with van der Waals surface area (Å²) in [5.41, 5.74) is 4.44. The molecule has 4 rings (SSSR count). The molecule has 0 fully saturated rings. The van der Waals surface area contributed by atoms with Gasteiger partial charge in [0.25, 0.3) is 5.56 Å². The fraction of sp³-hybridized carbons (Fsp3) is 0.389. The Labute approximate surface area is 151 Å². The summed E-state index contributed by atoms with van der Waals surface area (Å²) in [6.07, 6.45) is 5.50. The fourth-order valence-corrected chi connectivity index (χ4v) is 3.30. The average Bonchev–Trinajstić information content (AvgIpc) is 2.89. The maximum absolute atomic E-state index is 12.6. The van der Waals surface area contributed by atoms with Gasteiger partial charge in [-0.1, -0.05) is 0 Å². The molecule has 4 heterocycles. The van der Waals surface area contributed by atoms with Crippen molar-refractivity contribution < 1.29 is 0 Å². The number of aromatic nitrogens is 6. The normalized spacial score (nSPS) is 14.4. The first-order valence-corrected chi connectivity index (χ1v) is 8.61. The van der Waals surface area contributed by atoms with Crippen LogP contribution in [-0.4, -0.2) is 40.9 Å². The van der Waals surface area contributed by atoms with Gasteiger partial charge in [-0.05, 0) is 13.8 Å². The van der Waals surface area contributed by atoms with Gasteiger partial charge in [0.15, 0.2) is 0 Å². The number of imidazole rings is 1. The first-order chi connectivity index (χ1) is 12.5. The molecule has 0 saturated carbocycles. The lowest BCUT2D eigenvalue weighted by Gasteiger charge is -2.27. The van der Waals surface area contributed by atoms with Crippen LogP contribution >= 0.6 is 0 Å². The summed E-state index contributed by atoms with van der Waals surface area (Å²) >= 11 is 0. The maximum Gasteiger partial charge on any atom is 0.255 e. The zero-order chi connectivity index (χ0) is 18.3. The molecule has 0 amide bonds. The number of hydrogen-bond donors (Lipinski definition) is 1. The van der Waals surface area contributed by atoms with Gasteiger partial charge in [0.1, 0.15) is 18.0 Å². The largest absolute Gasteiger partial charge is 0.334 e. The molecule has 3 aromatic rings. The van der Waals surface area contributed by atoms with E-state index in [1.165, 1.54) is 12.0 Å². The molecular weight excluding hydrogens is 330 g/mol. The van der Waals surface area contributed by atoms with Gasteiger partial charge in [-0.2, -0.15) is 0 Å². The summed E-state index contributed by atoms with van der Waals surface area (Å²) < 4.78 is 2.12. The van der Waals surface area contributed by atoms with E-state index in [2.05, 4.69) is 41.3 Å². The van der Waals surface area contributed by atoms with E-state index in [9.17, 15) is 4.79 Å². The molecule has 8 heteroatoms. The Balaban J connectivity index is 1.59. The van der Waals surface area contributed by atoms with E-state index < -0.39 is 0 Å². The highest BCUT2D eigenvalue weighted by Gasteiger charge is 2.23. The SMILES string of the molecule is Cc1nc(CN2CCc3nc(-c4cncnc4)[nH]c(=O)c3C2)n(C)c1C. The van der Waals surface area contributed by atoms with Gasteiger partial charge < -0.3 is 9.55 Å². The molecule has 0 unspecified atom stereocenters. The van der Waals surface area contributed by atoms with Crippen LogP contribution in [0.4, 0.5) is 0 Å². The number of H-pyrrole nitrogens is 1. The highest BCUT2D eigenvalue weighted by atomic mass is 16.1. The molecular formula is C18H21N7O. The van der Waals surface area contributed by atoms with E-state index in [0.717, 1.165) is 42.3 Å². The zero-order valence-corrected chi connectivity index (χ0v) is 15.2. The van der Waals surface area contributed by atoms with E-state index in [1.807, 2.05) is 14.0 Å². The Morgan fingerprint density at radius 2 is 1.96 bits per heavy atom. The van der Waals surface area contributed by atoms with Gasteiger partial charge in [0.2, 0.25) is 0 Å². The number of fused-ring (bicyclic) bond motifs is 1. The molecule has 134 valence electrons. The predicted molar refractivity (Wildman–Crippen MR) is 96.4 cm³/mol. The molecule has 0 radical (unpaired) electrons. The molecule has 26 heavy (non-hydrogen) atoms. The molecule has 0 aliphatic carbocycles. The Morgan fingerprint density at radius 3 is 2.65 bits per heavy atom. The Hall–Kier alpha value is -2.87. The van der Waals surface area contributed by atoms with Crippen molar-refractivity contribution in [3.8, 4) is 11.4 Å². The van der Waals surface area contributed by atoms with Gasteiger partial charge in [0.05, 0.1) is 29.1 Å². The summed E-state index contributed by atoms with van der Waals surface area (Å²) in [5, 5.41) is 0. The average molecular weight is 351 g/mol. The molecule has 0 aromatic carbocycles. The third-order valence-electron chi connectivity index (χ3n) is 5.06. The smallest absolute Gasteiger partial charge is 0.255 e. The summed E-state index contributed by atoms with van der Waals surface area (Å²) in [6, 6.07) is 0. The minimum atomic E-state index is -0.0919. The van der Waals surface area contributed by atoms with Crippen LogP contribution in [0, 0.1) is 13.8 Å². The van der Waals surface area contributed by atoms with Crippen LogP contribution in [-0.2, 0) is 26.6 Å². The van der Waals surface area contributed by atoms with Crippen molar-refractivity contribution in [3.05, 3.63) is 57.5 Å². The second kappa shape index (κ2) is 6.45. The van der Waals surface area contributed by atoms with Crippen molar-refractivity contribution in [1.29, 1.82) is 0 Å². The van der Waals surface area contributed by atoms with E-state index in [0.29, 0.717) is 17.9 Å². The van der Waals surface area contributed by atoms with Crippen molar-refractivity contribution in [2.24, 2.45) is 7.05 Å². The fourth-order valence-electron chi connectivity index (χ4n) is 3.30. The Morgan fingerprint density at radius 1 is 1.19 bits per heavy atom. The van der Waals surface area contributed by atoms with Crippen LogP contribution in [0.5, 0.6) is 0 Å². The van der Waals surface area contributed by atoms with Crippen molar-refractivity contribution >= 4 is 0 Å². The Bertz CT molecular complexity index is 1010. The van der Waals surface area contributed by atoms with Gasteiger partial charge in [-0.15, -0.1) is 0 Å². The summed E-state index contributed by atoms with van der Waals surface area (Å²) in [7, 11) is 2.03. The number of aromatic amines is 1. The number of aryl methyl sites for hydroxylation is 1. The van der Waals surface area contributed by atoms with E-state index >= 15 is 0 Å². The highest BCUT2D eigenvalue weighted by Crippen LogP contribution is 2.19. The molecule has 3 aromatic heterocycles. The van der Waals surface area contributed by atoms with Crippen molar-refractivity contribution in [2.75, 3.05) is 6.54 Å². The van der Waals surface area contributed by atoms with E-state index in [1.54, 1.807) is 12.4 Å². The van der Waals surface area contributed by atoms with Crippen LogP contribution < -0.4 is 5.56 Å². The lowest BCUT2D eigenvalue weighted by atomic mass is 10.1. The minimum absolute atomic E-state index is 0.0919. The topological polar surface area (TPSA) is 92.6 Å². The Kier molecular flexibility index (Phi) is 4.12. The van der Waals surface area contributed by atoms with Crippen molar-refractivity contribution in [2.45, 2.75) is 33.4 Å². The molecule has 8 nitrogen and oxygen atoms in total. The lowest BCUT2D eigenvalue weighted by Crippen LogP contribution is -2.36. The van der Waals surface area contributed by atoms with Crippen LogP contribution in [0.2, 0.25) is 0 Å². The zero-order valence-electron chi connectivity index (χ0n) is 15.2. The standard InChI is InChI=1S/C18H21N7O/c1-11-12(2)24(3)16(21-11)9-25-5-4-15-14(8-25)18(26)23-17(22-15)13-6-19-10-20-7-13/h6-7,10H,4-5,8-9H2,1-3H3,(H,22,23,26). The molecule has 1 N–H and O–H groups in total. The summed E-state index contributed by atoms with van der Waals surface area (Å²) in [5.74, 6) is 1.55. The quantitative estimate of drug-likeness (QED) is 0.761.